The molecule has 0 atom stereocenters. The number of allylic oxidation sites excluding steroid dienone is 4. The first kappa shape index (κ1) is 17.4. The normalized spacial score (nSPS) is 12.5. The lowest BCUT2D eigenvalue weighted by Gasteiger charge is -2.03. The highest BCUT2D eigenvalue weighted by Crippen LogP contribution is 2.10. The van der Waals surface area contributed by atoms with Crippen molar-refractivity contribution < 1.29 is 19.4 Å². The van der Waals surface area contributed by atoms with Gasteiger partial charge in [0.05, 0.1) is 6.61 Å². The number of carboxylic acid groups (broad SMARTS) is 1. The molecule has 0 spiro atoms. The fourth-order valence-corrected chi connectivity index (χ4v) is 1.72. The van der Waals surface area contributed by atoms with Crippen LogP contribution >= 0.6 is 0 Å². The highest BCUT2D eigenvalue weighted by molar-refractivity contribution is 6.13. The summed E-state index contributed by atoms with van der Waals surface area (Å²) in [5.74, 6) is -2.11. The summed E-state index contributed by atoms with van der Waals surface area (Å²) in [4.78, 5) is 22.8. The zero-order valence-corrected chi connectivity index (χ0v) is 12.8. The van der Waals surface area contributed by atoms with Crippen LogP contribution in [-0.4, -0.2) is 23.7 Å². The molecule has 0 unspecified atom stereocenters. The minimum absolute atomic E-state index is 0.141. The van der Waals surface area contributed by atoms with Crippen LogP contribution in [0.1, 0.15) is 25.8 Å². The predicted molar refractivity (Wildman–Crippen MR) is 86.2 cm³/mol. The third-order valence-electron chi connectivity index (χ3n) is 2.86. The van der Waals surface area contributed by atoms with Gasteiger partial charge in [0.2, 0.25) is 0 Å². The molecule has 1 aromatic rings. The van der Waals surface area contributed by atoms with E-state index in [1.165, 1.54) is 6.08 Å². The van der Waals surface area contributed by atoms with Crippen LogP contribution in [0.15, 0.2) is 59.7 Å². The Hall–Kier alpha value is -2.62. The Kier molecular flexibility index (Phi) is 7.40. The molecule has 4 nitrogen and oxygen atoms in total. The van der Waals surface area contributed by atoms with Gasteiger partial charge in [-0.25, -0.2) is 9.59 Å². The Morgan fingerprint density at radius 2 is 1.86 bits per heavy atom. The number of benzene rings is 1. The van der Waals surface area contributed by atoms with Crippen LogP contribution in [-0.2, 0) is 14.3 Å². The molecule has 0 aromatic heterocycles. The van der Waals surface area contributed by atoms with Crippen molar-refractivity contribution in [1.82, 2.24) is 0 Å². The van der Waals surface area contributed by atoms with Crippen LogP contribution in [0, 0.1) is 0 Å². The quantitative estimate of drug-likeness (QED) is 0.275. The summed E-state index contributed by atoms with van der Waals surface area (Å²) in [7, 11) is 0. The molecule has 1 rings (SSSR count). The Morgan fingerprint density at radius 3 is 2.41 bits per heavy atom. The number of hydrogen-bond acceptors (Lipinski definition) is 3. The third kappa shape index (κ3) is 5.79. The molecular formula is C18H20O4. The summed E-state index contributed by atoms with van der Waals surface area (Å²) >= 11 is 0. The predicted octanol–water partition coefficient (Wildman–Crippen LogP) is 3.61. The van der Waals surface area contributed by atoms with Gasteiger partial charge in [0.15, 0.2) is 0 Å². The molecule has 0 bridgehead atoms. The molecule has 4 heteroatoms. The number of carbonyl (C=O) groups excluding carboxylic acids is 1. The molecule has 1 aromatic carbocycles. The fourth-order valence-electron chi connectivity index (χ4n) is 1.72. The van der Waals surface area contributed by atoms with Gasteiger partial charge in [0.1, 0.15) is 5.57 Å². The highest BCUT2D eigenvalue weighted by atomic mass is 16.5. The number of aliphatic carboxylic acids is 1. The van der Waals surface area contributed by atoms with Crippen molar-refractivity contribution in [2.24, 2.45) is 0 Å². The maximum atomic E-state index is 11.6. The number of hydrogen-bond donors (Lipinski definition) is 1. The van der Waals surface area contributed by atoms with E-state index in [0.29, 0.717) is 6.42 Å². The molecule has 0 amide bonds. The van der Waals surface area contributed by atoms with Crippen LogP contribution < -0.4 is 0 Å². The highest BCUT2D eigenvalue weighted by Gasteiger charge is 2.18. The average molecular weight is 300 g/mol. The zero-order chi connectivity index (χ0) is 16.4. The van der Waals surface area contributed by atoms with Crippen molar-refractivity contribution in [2.45, 2.75) is 20.3 Å². The Balaban J connectivity index is 2.95. The second-order valence-electron chi connectivity index (χ2n) is 4.45. The fraction of sp³-hybridized carbons (Fsp3) is 0.222. The van der Waals surface area contributed by atoms with Gasteiger partial charge in [-0.2, -0.15) is 0 Å². The molecule has 22 heavy (non-hydrogen) atoms. The maximum absolute atomic E-state index is 11.6. The minimum Gasteiger partial charge on any atom is -0.477 e. The van der Waals surface area contributed by atoms with Crippen molar-refractivity contribution in [3.8, 4) is 0 Å². The van der Waals surface area contributed by atoms with Crippen LogP contribution in [0.5, 0.6) is 0 Å². The number of ether oxygens (including phenoxy) is 1. The topological polar surface area (TPSA) is 63.6 Å². The molecule has 0 aliphatic heterocycles. The molecule has 0 heterocycles. The van der Waals surface area contributed by atoms with Gasteiger partial charge in [0.25, 0.3) is 0 Å². The first-order valence-electron chi connectivity index (χ1n) is 7.12. The lowest BCUT2D eigenvalue weighted by Crippen LogP contribution is -2.15. The molecule has 0 fully saturated rings. The lowest BCUT2D eigenvalue weighted by molar-refractivity contribution is -0.143. The van der Waals surface area contributed by atoms with Gasteiger partial charge in [-0.05, 0) is 30.6 Å². The van der Waals surface area contributed by atoms with Gasteiger partial charge in [0, 0.05) is 0 Å². The van der Waals surface area contributed by atoms with Gasteiger partial charge in [-0.3, -0.25) is 0 Å². The van der Waals surface area contributed by atoms with Gasteiger partial charge in [-0.15, -0.1) is 0 Å². The van der Waals surface area contributed by atoms with E-state index in [0.717, 1.165) is 11.1 Å². The second kappa shape index (κ2) is 9.34. The molecule has 1 N–H and O–H groups in total. The molecule has 0 aliphatic rings. The summed E-state index contributed by atoms with van der Waals surface area (Å²) in [5.41, 5.74) is 1.42. The lowest BCUT2D eigenvalue weighted by atomic mass is 10.1. The number of esters is 1. The van der Waals surface area contributed by atoms with E-state index in [4.69, 9.17) is 9.84 Å². The number of rotatable bonds is 7. The number of carboxylic acids is 1. The van der Waals surface area contributed by atoms with E-state index < -0.39 is 11.9 Å². The second-order valence-corrected chi connectivity index (χ2v) is 4.45. The Bertz CT molecular complexity index is 595. The van der Waals surface area contributed by atoms with E-state index >= 15 is 0 Å². The van der Waals surface area contributed by atoms with Crippen molar-refractivity contribution in [2.75, 3.05) is 6.61 Å². The monoisotopic (exact) mass is 300 g/mol. The van der Waals surface area contributed by atoms with Crippen LogP contribution in [0.2, 0.25) is 0 Å². The van der Waals surface area contributed by atoms with Gasteiger partial charge < -0.3 is 9.84 Å². The van der Waals surface area contributed by atoms with E-state index in [9.17, 15) is 9.59 Å². The molecule has 116 valence electrons. The summed E-state index contributed by atoms with van der Waals surface area (Å²) in [5, 5.41) is 9.10. The van der Waals surface area contributed by atoms with Crippen molar-refractivity contribution >= 4 is 18.0 Å². The van der Waals surface area contributed by atoms with E-state index in [-0.39, 0.29) is 12.2 Å². The summed E-state index contributed by atoms with van der Waals surface area (Å²) in [6.07, 6.45) is 7.49. The first-order valence-corrected chi connectivity index (χ1v) is 7.12. The number of carbonyl (C=O) groups is 2. The molecule has 0 radical (unpaired) electrons. The largest absolute Gasteiger partial charge is 0.477 e. The van der Waals surface area contributed by atoms with Gasteiger partial charge in [-0.1, -0.05) is 55.5 Å². The van der Waals surface area contributed by atoms with Crippen molar-refractivity contribution in [3.05, 3.63) is 65.3 Å². The molecule has 0 saturated heterocycles. The van der Waals surface area contributed by atoms with Crippen molar-refractivity contribution in [1.29, 1.82) is 0 Å². The van der Waals surface area contributed by atoms with Gasteiger partial charge >= 0.3 is 11.9 Å². The standard InChI is InChI=1S/C18H20O4/c1-3-14(11-8-12-15-9-6-5-7-10-15)13-16(17(19)20)18(21)22-4-2/h5-13H,3-4H2,1-2H3,(H,19,20)/b12-8+,14-11+,16-13-. The summed E-state index contributed by atoms with van der Waals surface area (Å²) < 4.78 is 4.75. The average Bonchev–Trinajstić information content (AvgIpc) is 2.51. The minimum atomic E-state index is -1.29. The van der Waals surface area contributed by atoms with E-state index in [2.05, 4.69) is 0 Å². The summed E-state index contributed by atoms with van der Waals surface area (Å²) in [6, 6.07) is 9.74. The molecule has 0 saturated carbocycles. The zero-order valence-electron chi connectivity index (χ0n) is 12.8. The van der Waals surface area contributed by atoms with Crippen LogP contribution in [0.4, 0.5) is 0 Å². The Morgan fingerprint density at radius 1 is 1.18 bits per heavy atom. The maximum Gasteiger partial charge on any atom is 0.345 e. The molecule has 0 aliphatic carbocycles. The SMILES string of the molecule is CCOC(=O)\C(=C/C(=C/C=C/c1ccccc1)CC)C(=O)O. The Labute approximate surface area is 130 Å². The smallest absolute Gasteiger partial charge is 0.345 e. The first-order chi connectivity index (χ1) is 10.6. The third-order valence-corrected chi connectivity index (χ3v) is 2.86. The summed E-state index contributed by atoms with van der Waals surface area (Å²) in [6.45, 7) is 3.67. The van der Waals surface area contributed by atoms with E-state index in [1.807, 2.05) is 49.4 Å². The molecular weight excluding hydrogens is 280 g/mol. The van der Waals surface area contributed by atoms with Crippen molar-refractivity contribution in [3.63, 3.8) is 0 Å². The van der Waals surface area contributed by atoms with Crippen LogP contribution in [0.3, 0.4) is 0 Å². The van der Waals surface area contributed by atoms with Crippen LogP contribution in [0.25, 0.3) is 6.08 Å². The van der Waals surface area contributed by atoms with E-state index in [1.54, 1.807) is 13.0 Å².